The third kappa shape index (κ3) is 3.81. The highest BCUT2D eigenvalue weighted by molar-refractivity contribution is 5.93. The zero-order chi connectivity index (χ0) is 16.1. The number of nitrogens with one attached hydrogen (secondary N) is 1. The van der Waals surface area contributed by atoms with Crippen molar-refractivity contribution in [2.45, 2.75) is 33.6 Å². The minimum absolute atomic E-state index is 0.101. The highest BCUT2D eigenvalue weighted by Crippen LogP contribution is 2.23. The van der Waals surface area contributed by atoms with Crippen molar-refractivity contribution < 1.29 is 9.59 Å². The fourth-order valence-corrected chi connectivity index (χ4v) is 2.70. The summed E-state index contributed by atoms with van der Waals surface area (Å²) in [6.45, 7) is 7.93. The number of nitrogens with zero attached hydrogens (tertiary/aromatic N) is 3. The SMILES string of the molecule is CCNC(=O)c1cnc(N2CCC(C(=O)C(C)C)CC2)nc1. The first kappa shape index (κ1) is 16.4. The van der Waals surface area contributed by atoms with Gasteiger partial charge in [0.1, 0.15) is 5.78 Å². The van der Waals surface area contributed by atoms with E-state index < -0.39 is 0 Å². The lowest BCUT2D eigenvalue weighted by Gasteiger charge is -2.31. The average molecular weight is 304 g/mol. The Morgan fingerprint density at radius 2 is 1.86 bits per heavy atom. The summed E-state index contributed by atoms with van der Waals surface area (Å²) >= 11 is 0. The Bertz CT molecular complexity index is 519. The lowest BCUT2D eigenvalue weighted by atomic mass is 9.87. The first-order valence-electron chi connectivity index (χ1n) is 7.91. The fraction of sp³-hybridized carbons (Fsp3) is 0.625. The Morgan fingerprint density at radius 3 is 2.36 bits per heavy atom. The number of rotatable bonds is 5. The standard InChI is InChI=1S/C16H24N4O2/c1-4-17-15(22)13-9-18-16(19-10-13)20-7-5-12(6-8-20)14(21)11(2)3/h9-12H,4-8H2,1-3H3,(H,17,22). The number of carbonyl (C=O) groups is 2. The molecule has 120 valence electrons. The van der Waals surface area contributed by atoms with E-state index in [0.717, 1.165) is 25.9 Å². The van der Waals surface area contributed by atoms with Gasteiger partial charge in [0.25, 0.3) is 5.91 Å². The number of ketones is 1. The van der Waals surface area contributed by atoms with Gasteiger partial charge >= 0.3 is 0 Å². The topological polar surface area (TPSA) is 75.2 Å². The Labute approximate surface area is 131 Å². The number of hydrogen-bond donors (Lipinski definition) is 1. The third-order valence-corrected chi connectivity index (χ3v) is 3.99. The number of carbonyl (C=O) groups excluding carboxylic acids is 2. The normalized spacial score (nSPS) is 15.9. The van der Waals surface area contributed by atoms with Gasteiger partial charge in [-0.25, -0.2) is 9.97 Å². The smallest absolute Gasteiger partial charge is 0.254 e. The highest BCUT2D eigenvalue weighted by Gasteiger charge is 2.27. The van der Waals surface area contributed by atoms with Crippen LogP contribution in [0.15, 0.2) is 12.4 Å². The molecule has 6 nitrogen and oxygen atoms in total. The van der Waals surface area contributed by atoms with Crippen LogP contribution in [0.3, 0.4) is 0 Å². The molecule has 22 heavy (non-hydrogen) atoms. The van der Waals surface area contributed by atoms with Crippen LogP contribution in [0.1, 0.15) is 44.0 Å². The second-order valence-corrected chi connectivity index (χ2v) is 5.95. The van der Waals surface area contributed by atoms with Gasteiger partial charge in [0.05, 0.1) is 5.56 Å². The summed E-state index contributed by atoms with van der Waals surface area (Å²) in [6.07, 6.45) is 4.80. The van der Waals surface area contributed by atoms with E-state index in [-0.39, 0.29) is 17.7 Å². The molecule has 0 unspecified atom stereocenters. The van der Waals surface area contributed by atoms with Gasteiger partial charge in [0.15, 0.2) is 0 Å². The number of aromatic nitrogens is 2. The second-order valence-electron chi connectivity index (χ2n) is 5.95. The molecule has 0 aromatic carbocycles. The van der Waals surface area contributed by atoms with Crippen LogP contribution in [0.2, 0.25) is 0 Å². The molecule has 1 aliphatic rings. The Morgan fingerprint density at radius 1 is 1.27 bits per heavy atom. The summed E-state index contributed by atoms with van der Waals surface area (Å²) in [5.74, 6) is 1.08. The van der Waals surface area contributed by atoms with Crippen LogP contribution in [0, 0.1) is 11.8 Å². The summed E-state index contributed by atoms with van der Waals surface area (Å²) in [5.41, 5.74) is 0.468. The van der Waals surface area contributed by atoms with Crippen LogP contribution in [0.4, 0.5) is 5.95 Å². The van der Waals surface area contributed by atoms with Gasteiger partial charge in [-0.3, -0.25) is 9.59 Å². The maximum Gasteiger partial charge on any atom is 0.254 e. The van der Waals surface area contributed by atoms with Crippen molar-refractivity contribution in [3.05, 3.63) is 18.0 Å². The summed E-state index contributed by atoms with van der Waals surface area (Å²) in [4.78, 5) is 34.3. The Kier molecular flexibility index (Phi) is 5.46. The predicted molar refractivity (Wildman–Crippen MR) is 84.8 cm³/mol. The highest BCUT2D eigenvalue weighted by atomic mass is 16.1. The van der Waals surface area contributed by atoms with Crippen LogP contribution < -0.4 is 10.2 Å². The number of hydrogen-bond acceptors (Lipinski definition) is 5. The zero-order valence-electron chi connectivity index (χ0n) is 13.5. The maximum atomic E-state index is 12.0. The van der Waals surface area contributed by atoms with Gasteiger partial charge in [-0.05, 0) is 19.8 Å². The molecule has 1 fully saturated rings. The molecule has 2 rings (SSSR count). The number of anilines is 1. The van der Waals surface area contributed by atoms with Crippen LogP contribution in [-0.2, 0) is 4.79 Å². The molecule has 0 aliphatic carbocycles. The summed E-state index contributed by atoms with van der Waals surface area (Å²) in [7, 11) is 0. The third-order valence-electron chi connectivity index (χ3n) is 3.99. The van der Waals surface area contributed by atoms with Crippen LogP contribution in [0.5, 0.6) is 0 Å². The van der Waals surface area contributed by atoms with Crippen molar-refractivity contribution >= 4 is 17.6 Å². The molecule has 0 bridgehead atoms. The van der Waals surface area contributed by atoms with E-state index in [1.54, 1.807) is 12.4 Å². The van der Waals surface area contributed by atoms with E-state index in [1.807, 2.05) is 20.8 Å². The quantitative estimate of drug-likeness (QED) is 0.895. The first-order valence-corrected chi connectivity index (χ1v) is 7.91. The molecule has 1 saturated heterocycles. The van der Waals surface area contributed by atoms with E-state index in [0.29, 0.717) is 23.8 Å². The monoisotopic (exact) mass is 304 g/mol. The van der Waals surface area contributed by atoms with Crippen molar-refractivity contribution in [1.29, 1.82) is 0 Å². The molecular weight excluding hydrogens is 280 g/mol. The van der Waals surface area contributed by atoms with E-state index in [9.17, 15) is 9.59 Å². The van der Waals surface area contributed by atoms with Gasteiger partial charge in [0.2, 0.25) is 5.95 Å². The molecule has 1 aromatic heterocycles. The summed E-state index contributed by atoms with van der Waals surface area (Å²) in [5, 5.41) is 2.72. The predicted octanol–water partition coefficient (Wildman–Crippen LogP) is 1.67. The molecule has 6 heteroatoms. The molecular formula is C16H24N4O2. The van der Waals surface area contributed by atoms with Gasteiger partial charge in [-0.15, -0.1) is 0 Å². The molecule has 1 aromatic rings. The zero-order valence-corrected chi connectivity index (χ0v) is 13.5. The molecule has 0 atom stereocenters. The molecule has 2 heterocycles. The second kappa shape index (κ2) is 7.33. The van der Waals surface area contributed by atoms with Crippen LogP contribution in [0.25, 0.3) is 0 Å². The minimum Gasteiger partial charge on any atom is -0.352 e. The fourth-order valence-electron chi connectivity index (χ4n) is 2.70. The van der Waals surface area contributed by atoms with E-state index in [1.165, 1.54) is 0 Å². The van der Waals surface area contributed by atoms with E-state index in [4.69, 9.17) is 0 Å². The molecule has 1 N–H and O–H groups in total. The average Bonchev–Trinajstić information content (AvgIpc) is 2.54. The van der Waals surface area contributed by atoms with E-state index >= 15 is 0 Å². The van der Waals surface area contributed by atoms with Crippen molar-refractivity contribution in [3.63, 3.8) is 0 Å². The lowest BCUT2D eigenvalue weighted by Crippen LogP contribution is -2.38. The Balaban J connectivity index is 1.94. The van der Waals surface area contributed by atoms with Gasteiger partial charge in [-0.1, -0.05) is 13.8 Å². The van der Waals surface area contributed by atoms with Crippen molar-refractivity contribution in [3.8, 4) is 0 Å². The molecule has 0 saturated carbocycles. The number of Topliss-reactive ketones (excluding diaryl/α,β-unsaturated/α-hetero) is 1. The van der Waals surface area contributed by atoms with Crippen LogP contribution in [-0.4, -0.2) is 41.3 Å². The van der Waals surface area contributed by atoms with Crippen molar-refractivity contribution in [2.75, 3.05) is 24.5 Å². The number of piperidine rings is 1. The minimum atomic E-state index is -0.157. The van der Waals surface area contributed by atoms with Gasteiger partial charge < -0.3 is 10.2 Å². The Hall–Kier alpha value is -1.98. The first-order chi connectivity index (χ1) is 10.5. The van der Waals surface area contributed by atoms with Crippen LogP contribution >= 0.6 is 0 Å². The molecule has 0 spiro atoms. The lowest BCUT2D eigenvalue weighted by molar-refractivity contribution is -0.126. The van der Waals surface area contributed by atoms with E-state index in [2.05, 4.69) is 20.2 Å². The summed E-state index contributed by atoms with van der Waals surface area (Å²) < 4.78 is 0. The van der Waals surface area contributed by atoms with Crippen molar-refractivity contribution in [1.82, 2.24) is 15.3 Å². The summed E-state index contributed by atoms with van der Waals surface area (Å²) in [6, 6.07) is 0. The maximum absolute atomic E-state index is 12.0. The molecule has 1 amide bonds. The van der Waals surface area contributed by atoms with Crippen molar-refractivity contribution in [2.24, 2.45) is 11.8 Å². The molecule has 1 aliphatic heterocycles. The van der Waals surface area contributed by atoms with Gasteiger partial charge in [0, 0.05) is 43.9 Å². The molecule has 0 radical (unpaired) electrons. The van der Waals surface area contributed by atoms with Gasteiger partial charge in [-0.2, -0.15) is 0 Å². The number of amides is 1. The largest absolute Gasteiger partial charge is 0.352 e.